The molecule has 3 heterocycles. The molecular formula is C16H18N6O2. The number of aromatic amines is 1. The fraction of sp³-hybridized carbons (Fsp3) is 0.375. The topological polar surface area (TPSA) is 97.6 Å². The zero-order valence-electron chi connectivity index (χ0n) is 13.5. The van der Waals surface area contributed by atoms with Crippen molar-refractivity contribution in [3.05, 3.63) is 39.2 Å². The molecule has 3 aromatic rings. The fourth-order valence-electron chi connectivity index (χ4n) is 2.89. The van der Waals surface area contributed by atoms with Crippen LogP contribution < -0.4 is 16.6 Å². The van der Waals surface area contributed by atoms with E-state index in [0.717, 1.165) is 24.2 Å². The summed E-state index contributed by atoms with van der Waals surface area (Å²) in [5.41, 5.74) is 0.964. The van der Waals surface area contributed by atoms with Crippen molar-refractivity contribution in [3.63, 3.8) is 0 Å². The van der Waals surface area contributed by atoms with E-state index in [4.69, 9.17) is 0 Å². The fourth-order valence-corrected chi connectivity index (χ4v) is 2.89. The van der Waals surface area contributed by atoms with Gasteiger partial charge in [0.1, 0.15) is 17.2 Å². The van der Waals surface area contributed by atoms with E-state index in [-0.39, 0.29) is 17.3 Å². The van der Waals surface area contributed by atoms with Crippen molar-refractivity contribution < 1.29 is 0 Å². The number of anilines is 1. The summed E-state index contributed by atoms with van der Waals surface area (Å²) in [5, 5.41) is 2.95. The normalized spacial score (nSPS) is 14.2. The van der Waals surface area contributed by atoms with Crippen LogP contribution >= 0.6 is 0 Å². The summed E-state index contributed by atoms with van der Waals surface area (Å²) in [7, 11) is 1.80. The molecule has 2 N–H and O–H groups in total. The minimum absolute atomic E-state index is 0.0236. The number of rotatable bonds is 4. The summed E-state index contributed by atoms with van der Waals surface area (Å²) < 4.78 is 2.90. The number of hydrogen-bond donors (Lipinski definition) is 2. The molecule has 0 saturated heterocycles. The van der Waals surface area contributed by atoms with Gasteiger partial charge in [0.15, 0.2) is 5.65 Å². The van der Waals surface area contributed by atoms with E-state index in [1.54, 1.807) is 17.8 Å². The molecule has 0 aromatic carbocycles. The van der Waals surface area contributed by atoms with Crippen LogP contribution in [0.25, 0.3) is 22.6 Å². The van der Waals surface area contributed by atoms with Gasteiger partial charge in [0.05, 0.1) is 0 Å². The summed E-state index contributed by atoms with van der Waals surface area (Å²) in [6.07, 6.45) is 3.43. The van der Waals surface area contributed by atoms with E-state index in [9.17, 15) is 9.59 Å². The van der Waals surface area contributed by atoms with Crippen LogP contribution in [0.3, 0.4) is 0 Å². The predicted molar refractivity (Wildman–Crippen MR) is 91.3 cm³/mol. The van der Waals surface area contributed by atoms with Crippen LogP contribution in [-0.2, 0) is 6.54 Å². The average molecular weight is 326 g/mol. The van der Waals surface area contributed by atoms with Gasteiger partial charge in [0, 0.05) is 31.4 Å². The number of fused-ring (bicyclic) bond motifs is 1. The van der Waals surface area contributed by atoms with Crippen LogP contribution in [0.4, 0.5) is 5.82 Å². The third-order valence-electron chi connectivity index (χ3n) is 4.33. The largest absolute Gasteiger partial charge is 0.373 e. The lowest BCUT2D eigenvalue weighted by atomic mass is 10.3. The molecule has 4 rings (SSSR count). The van der Waals surface area contributed by atoms with Crippen molar-refractivity contribution in [3.8, 4) is 11.4 Å². The van der Waals surface area contributed by atoms with Gasteiger partial charge in [-0.1, -0.05) is 0 Å². The van der Waals surface area contributed by atoms with Crippen LogP contribution in [0.1, 0.15) is 25.8 Å². The highest BCUT2D eigenvalue weighted by molar-refractivity contribution is 5.75. The van der Waals surface area contributed by atoms with Gasteiger partial charge in [-0.15, -0.1) is 0 Å². The molecule has 1 aliphatic carbocycles. The predicted octanol–water partition coefficient (Wildman–Crippen LogP) is 1.34. The summed E-state index contributed by atoms with van der Waals surface area (Å²) in [4.78, 5) is 37.1. The number of H-pyrrole nitrogens is 1. The van der Waals surface area contributed by atoms with Crippen molar-refractivity contribution in [1.82, 2.24) is 24.1 Å². The van der Waals surface area contributed by atoms with E-state index in [1.165, 1.54) is 4.57 Å². The Labute approximate surface area is 137 Å². The molecule has 24 heavy (non-hydrogen) atoms. The Hall–Kier alpha value is -2.90. The SMILES string of the molecule is CCn1c(=O)n(C2CC2)c(=O)c2[nH]c(-c3ccc(NC)nc3)nc21. The van der Waals surface area contributed by atoms with Crippen LogP contribution in [0.2, 0.25) is 0 Å². The van der Waals surface area contributed by atoms with Crippen molar-refractivity contribution in [2.24, 2.45) is 0 Å². The number of nitrogens with zero attached hydrogens (tertiary/aromatic N) is 4. The lowest BCUT2D eigenvalue weighted by Crippen LogP contribution is -2.39. The molecular weight excluding hydrogens is 308 g/mol. The van der Waals surface area contributed by atoms with Gasteiger partial charge >= 0.3 is 5.69 Å². The minimum Gasteiger partial charge on any atom is -0.373 e. The number of pyridine rings is 1. The summed E-state index contributed by atoms with van der Waals surface area (Å²) in [6, 6.07) is 3.72. The second-order valence-electron chi connectivity index (χ2n) is 5.90. The zero-order chi connectivity index (χ0) is 16.8. The van der Waals surface area contributed by atoms with Crippen molar-refractivity contribution in [2.45, 2.75) is 32.4 Å². The van der Waals surface area contributed by atoms with Crippen molar-refractivity contribution in [1.29, 1.82) is 0 Å². The molecule has 8 heteroatoms. The van der Waals surface area contributed by atoms with E-state index in [0.29, 0.717) is 23.5 Å². The third kappa shape index (κ3) is 2.14. The Morgan fingerprint density at radius 3 is 2.71 bits per heavy atom. The van der Waals surface area contributed by atoms with Gasteiger partial charge in [0.2, 0.25) is 0 Å². The first kappa shape index (κ1) is 14.7. The van der Waals surface area contributed by atoms with Crippen molar-refractivity contribution >= 4 is 17.0 Å². The number of aryl methyl sites for hydroxylation is 1. The molecule has 0 amide bonds. The molecule has 124 valence electrons. The summed E-state index contributed by atoms with van der Waals surface area (Å²) >= 11 is 0. The quantitative estimate of drug-likeness (QED) is 0.754. The molecule has 1 saturated carbocycles. The second kappa shape index (κ2) is 5.33. The molecule has 0 radical (unpaired) electrons. The Bertz CT molecular complexity index is 1020. The monoisotopic (exact) mass is 326 g/mol. The summed E-state index contributed by atoms with van der Waals surface area (Å²) in [5.74, 6) is 1.28. The first-order valence-corrected chi connectivity index (χ1v) is 8.03. The Morgan fingerprint density at radius 2 is 2.12 bits per heavy atom. The molecule has 0 spiro atoms. The molecule has 1 fully saturated rings. The zero-order valence-corrected chi connectivity index (χ0v) is 13.5. The van der Waals surface area contributed by atoms with Gasteiger partial charge in [-0.3, -0.25) is 13.9 Å². The number of hydrogen-bond acceptors (Lipinski definition) is 5. The van der Waals surface area contributed by atoms with Crippen molar-refractivity contribution in [2.75, 3.05) is 12.4 Å². The van der Waals surface area contributed by atoms with E-state index < -0.39 is 0 Å². The second-order valence-corrected chi connectivity index (χ2v) is 5.90. The Kier molecular flexibility index (Phi) is 3.26. The maximum absolute atomic E-state index is 12.7. The molecule has 0 aliphatic heterocycles. The van der Waals surface area contributed by atoms with Crippen LogP contribution in [0.5, 0.6) is 0 Å². The standard InChI is InChI=1S/C16H18N6O2/c1-3-21-14-12(15(23)22(16(21)24)10-5-6-10)19-13(20-14)9-4-7-11(17-2)18-8-9/h4,7-8,10H,3,5-6H2,1-2H3,(H,17,18)(H,19,20). The first-order chi connectivity index (χ1) is 11.6. The molecule has 0 bridgehead atoms. The molecule has 8 nitrogen and oxygen atoms in total. The highest BCUT2D eigenvalue weighted by Gasteiger charge is 2.29. The third-order valence-corrected chi connectivity index (χ3v) is 4.33. The number of aromatic nitrogens is 5. The maximum Gasteiger partial charge on any atom is 0.332 e. The van der Waals surface area contributed by atoms with Gasteiger partial charge in [0.25, 0.3) is 5.56 Å². The lowest BCUT2D eigenvalue weighted by molar-refractivity contribution is 0.595. The van der Waals surface area contributed by atoms with Gasteiger partial charge in [-0.05, 0) is 31.9 Å². The highest BCUT2D eigenvalue weighted by atomic mass is 16.2. The summed E-state index contributed by atoms with van der Waals surface area (Å²) in [6.45, 7) is 2.34. The average Bonchev–Trinajstić information content (AvgIpc) is 3.33. The lowest BCUT2D eigenvalue weighted by Gasteiger charge is -2.07. The highest BCUT2D eigenvalue weighted by Crippen LogP contribution is 2.32. The first-order valence-electron chi connectivity index (χ1n) is 8.03. The van der Waals surface area contributed by atoms with Crippen LogP contribution in [0, 0.1) is 0 Å². The van der Waals surface area contributed by atoms with Crippen LogP contribution in [0.15, 0.2) is 27.9 Å². The Morgan fingerprint density at radius 1 is 1.33 bits per heavy atom. The maximum atomic E-state index is 12.7. The van der Waals surface area contributed by atoms with Gasteiger partial charge < -0.3 is 10.3 Å². The van der Waals surface area contributed by atoms with Crippen LogP contribution in [-0.4, -0.2) is 31.1 Å². The number of nitrogens with one attached hydrogen (secondary N) is 2. The number of imidazole rings is 1. The molecule has 3 aromatic heterocycles. The molecule has 1 aliphatic rings. The van der Waals surface area contributed by atoms with E-state index in [2.05, 4.69) is 20.3 Å². The van der Waals surface area contributed by atoms with E-state index in [1.807, 2.05) is 19.1 Å². The minimum atomic E-state index is -0.291. The molecule has 0 unspecified atom stereocenters. The molecule has 0 atom stereocenters. The smallest absolute Gasteiger partial charge is 0.332 e. The van der Waals surface area contributed by atoms with Gasteiger partial charge in [-0.25, -0.2) is 14.8 Å². The Balaban J connectivity index is 1.95. The van der Waals surface area contributed by atoms with E-state index >= 15 is 0 Å². The van der Waals surface area contributed by atoms with Gasteiger partial charge in [-0.2, -0.15) is 0 Å².